The van der Waals surface area contributed by atoms with Gasteiger partial charge in [0.15, 0.2) is 6.10 Å². The minimum Gasteiger partial charge on any atom is -0.462 e. The SMILES string of the molecule is CC/C=C\C/C=C\C/C=C\C/C=C\C/C=C\C/C=C\C/C=C\CCCCCCCCCCCC(=O)OCC(COC(=O)CCCCCCCCCCCC)OC(=O)CCC/C=C\C/C=C\C/C=C\C/C=C\C/C=C\C/C=C\C/C=C\CC. The molecule has 0 aliphatic rings. The first-order valence-corrected chi connectivity index (χ1v) is 33.1. The number of carbonyl (C=O) groups is 3. The highest BCUT2D eigenvalue weighted by Crippen LogP contribution is 2.15. The first kappa shape index (κ1) is 76.8. The summed E-state index contributed by atoms with van der Waals surface area (Å²) in [6, 6.07) is 0. The normalized spacial score (nSPS) is 13.3. The zero-order valence-corrected chi connectivity index (χ0v) is 52.7. The van der Waals surface area contributed by atoms with Crippen LogP contribution in [0.3, 0.4) is 0 Å². The van der Waals surface area contributed by atoms with Gasteiger partial charge in [0.05, 0.1) is 0 Å². The first-order chi connectivity index (χ1) is 40.5. The van der Waals surface area contributed by atoms with Crippen molar-refractivity contribution in [1.82, 2.24) is 0 Å². The van der Waals surface area contributed by atoms with E-state index in [1.54, 1.807) is 0 Å². The molecule has 0 spiro atoms. The number of unbranched alkanes of at least 4 members (excludes halogenated alkanes) is 19. The van der Waals surface area contributed by atoms with Gasteiger partial charge >= 0.3 is 17.9 Å². The second kappa shape index (κ2) is 68.3. The molecule has 82 heavy (non-hydrogen) atoms. The smallest absolute Gasteiger partial charge is 0.306 e. The molecule has 0 radical (unpaired) electrons. The second-order valence-corrected chi connectivity index (χ2v) is 21.3. The van der Waals surface area contributed by atoms with Gasteiger partial charge < -0.3 is 14.2 Å². The summed E-state index contributed by atoms with van der Waals surface area (Å²) in [7, 11) is 0. The quantitative estimate of drug-likeness (QED) is 0.0261. The van der Waals surface area contributed by atoms with Crippen molar-refractivity contribution in [1.29, 1.82) is 0 Å². The van der Waals surface area contributed by atoms with E-state index in [4.69, 9.17) is 14.2 Å². The highest BCUT2D eigenvalue weighted by Gasteiger charge is 2.19. The number of hydrogen-bond acceptors (Lipinski definition) is 6. The molecule has 6 nitrogen and oxygen atoms in total. The van der Waals surface area contributed by atoms with Crippen molar-refractivity contribution in [2.24, 2.45) is 0 Å². The lowest BCUT2D eigenvalue weighted by atomic mass is 10.1. The van der Waals surface area contributed by atoms with Gasteiger partial charge in [-0.3, -0.25) is 14.4 Å². The van der Waals surface area contributed by atoms with Gasteiger partial charge in [-0.15, -0.1) is 0 Å². The van der Waals surface area contributed by atoms with Crippen LogP contribution in [0.25, 0.3) is 0 Å². The summed E-state index contributed by atoms with van der Waals surface area (Å²) < 4.78 is 16.8. The fraction of sp³-hybridized carbons (Fsp3) is 0.592. The van der Waals surface area contributed by atoms with E-state index < -0.39 is 6.10 Å². The monoisotopic (exact) mass is 1130 g/mol. The summed E-state index contributed by atoms with van der Waals surface area (Å²) >= 11 is 0. The van der Waals surface area contributed by atoms with E-state index in [9.17, 15) is 14.4 Å². The molecule has 6 heteroatoms. The van der Waals surface area contributed by atoms with Crippen molar-refractivity contribution in [2.75, 3.05) is 13.2 Å². The van der Waals surface area contributed by atoms with Crippen molar-refractivity contribution in [2.45, 2.75) is 277 Å². The third-order valence-electron chi connectivity index (χ3n) is 13.5. The Hall–Kier alpha value is -5.23. The van der Waals surface area contributed by atoms with E-state index >= 15 is 0 Å². The Balaban J connectivity index is 4.36. The lowest BCUT2D eigenvalue weighted by molar-refractivity contribution is -0.167. The lowest BCUT2D eigenvalue weighted by Crippen LogP contribution is -2.30. The number of carbonyl (C=O) groups excluding carboxylic acids is 3. The van der Waals surface area contributed by atoms with Gasteiger partial charge in [-0.1, -0.05) is 294 Å². The van der Waals surface area contributed by atoms with Crippen molar-refractivity contribution in [3.05, 3.63) is 170 Å². The molecule has 460 valence electrons. The zero-order chi connectivity index (χ0) is 59.2. The number of ether oxygens (including phenoxy) is 3. The standard InChI is InChI=1S/C76H120O6/c1-4-7-10-13-16-19-22-24-26-28-30-32-34-35-36-37-38-39-40-41-43-44-46-48-50-52-54-57-60-63-66-69-75(78)81-72-73(71-80-74(77)68-65-62-59-56-21-18-15-12-9-6-3)82-76(79)70-67-64-61-58-55-53-51-49-47-45-42-33-31-29-27-25-23-20-17-14-11-8-5-2/h7-8,10-11,16-17,19-20,24-27,30-33,35-36,38-39,41,43,45,47,51,53,58,61,73H,4-6,9,12-15,18,21-23,28-29,34,37,40,42,44,46,48-50,52,54-57,59-60,62-72H2,1-3H3/b10-7-,11-8-,19-16-,20-17-,26-24-,27-25-,32-30-,33-31-,36-35-,39-38-,43-41-,47-45-,53-51-,61-58-. The predicted molar refractivity (Wildman–Crippen MR) is 357 cm³/mol. The molecule has 0 saturated heterocycles. The Labute approximate surface area is 504 Å². The van der Waals surface area contributed by atoms with Crippen LogP contribution in [0, 0.1) is 0 Å². The molecule has 0 fully saturated rings. The summed E-state index contributed by atoms with van der Waals surface area (Å²) in [5.41, 5.74) is 0. The van der Waals surface area contributed by atoms with Gasteiger partial charge in [-0.05, 0) is 128 Å². The van der Waals surface area contributed by atoms with Gasteiger partial charge in [0, 0.05) is 19.3 Å². The predicted octanol–water partition coefficient (Wildman–Crippen LogP) is 23.0. The van der Waals surface area contributed by atoms with Crippen LogP contribution in [0.15, 0.2) is 170 Å². The van der Waals surface area contributed by atoms with Gasteiger partial charge in [0.2, 0.25) is 0 Å². The molecular weight excluding hydrogens is 1010 g/mol. The maximum absolute atomic E-state index is 12.9. The van der Waals surface area contributed by atoms with E-state index in [1.165, 1.54) is 83.5 Å². The minimum atomic E-state index is -0.818. The van der Waals surface area contributed by atoms with E-state index in [2.05, 4.69) is 191 Å². The number of hydrogen-bond donors (Lipinski definition) is 0. The molecule has 0 rings (SSSR count). The Morgan fingerprint density at radius 1 is 0.256 bits per heavy atom. The number of rotatable bonds is 58. The fourth-order valence-electron chi connectivity index (χ4n) is 8.59. The van der Waals surface area contributed by atoms with Gasteiger partial charge in [-0.25, -0.2) is 0 Å². The van der Waals surface area contributed by atoms with Crippen LogP contribution in [0.1, 0.15) is 271 Å². The molecule has 0 aliphatic carbocycles. The van der Waals surface area contributed by atoms with Crippen LogP contribution >= 0.6 is 0 Å². The molecule has 0 heterocycles. The van der Waals surface area contributed by atoms with Crippen LogP contribution in [-0.4, -0.2) is 37.2 Å². The summed E-state index contributed by atoms with van der Waals surface area (Å²) in [6.45, 7) is 6.34. The largest absolute Gasteiger partial charge is 0.462 e. The van der Waals surface area contributed by atoms with Crippen LogP contribution < -0.4 is 0 Å². The van der Waals surface area contributed by atoms with Gasteiger partial charge in [0.1, 0.15) is 13.2 Å². The van der Waals surface area contributed by atoms with E-state index in [1.807, 2.05) is 0 Å². The van der Waals surface area contributed by atoms with Crippen molar-refractivity contribution < 1.29 is 28.6 Å². The molecular formula is C76H120O6. The second-order valence-electron chi connectivity index (χ2n) is 21.3. The molecule has 0 N–H and O–H groups in total. The summed E-state index contributed by atoms with van der Waals surface area (Å²) in [5, 5.41) is 0. The highest BCUT2D eigenvalue weighted by molar-refractivity contribution is 5.71. The van der Waals surface area contributed by atoms with E-state index in [0.29, 0.717) is 19.3 Å². The minimum absolute atomic E-state index is 0.108. The maximum Gasteiger partial charge on any atom is 0.306 e. The molecule has 0 amide bonds. The van der Waals surface area contributed by atoms with Crippen molar-refractivity contribution in [3.8, 4) is 0 Å². The molecule has 0 aliphatic heterocycles. The van der Waals surface area contributed by atoms with Crippen LogP contribution in [0.2, 0.25) is 0 Å². The highest BCUT2D eigenvalue weighted by atomic mass is 16.6. The molecule has 0 aromatic carbocycles. The Bertz CT molecular complexity index is 1870. The fourth-order valence-corrected chi connectivity index (χ4v) is 8.59. The molecule has 1 unspecified atom stereocenters. The summed E-state index contributed by atoms with van der Waals surface area (Å²) in [5.74, 6) is -0.979. The summed E-state index contributed by atoms with van der Waals surface area (Å²) in [6.07, 6.45) is 101. The third-order valence-corrected chi connectivity index (χ3v) is 13.5. The number of esters is 3. The Kier molecular flexibility index (Phi) is 63.9. The van der Waals surface area contributed by atoms with E-state index in [0.717, 1.165) is 141 Å². The molecule has 0 bridgehead atoms. The van der Waals surface area contributed by atoms with Crippen LogP contribution in [0.4, 0.5) is 0 Å². The molecule has 0 saturated carbocycles. The van der Waals surface area contributed by atoms with Gasteiger partial charge in [0.25, 0.3) is 0 Å². The van der Waals surface area contributed by atoms with E-state index in [-0.39, 0.29) is 37.5 Å². The molecule has 0 aromatic rings. The van der Waals surface area contributed by atoms with Gasteiger partial charge in [-0.2, -0.15) is 0 Å². The van der Waals surface area contributed by atoms with Crippen LogP contribution in [-0.2, 0) is 28.6 Å². The first-order valence-electron chi connectivity index (χ1n) is 33.1. The summed E-state index contributed by atoms with van der Waals surface area (Å²) in [4.78, 5) is 38.2. The zero-order valence-electron chi connectivity index (χ0n) is 52.7. The Morgan fingerprint density at radius 2 is 0.488 bits per heavy atom. The molecule has 1 atom stereocenters. The van der Waals surface area contributed by atoms with Crippen LogP contribution in [0.5, 0.6) is 0 Å². The number of allylic oxidation sites excluding steroid dienone is 28. The average molecular weight is 1130 g/mol. The molecule has 0 aromatic heterocycles. The van der Waals surface area contributed by atoms with Crippen molar-refractivity contribution in [3.63, 3.8) is 0 Å². The average Bonchev–Trinajstić information content (AvgIpc) is 3.47. The Morgan fingerprint density at radius 3 is 0.780 bits per heavy atom. The van der Waals surface area contributed by atoms with Crippen molar-refractivity contribution >= 4 is 17.9 Å². The maximum atomic E-state index is 12.9. The topological polar surface area (TPSA) is 78.9 Å². The third kappa shape index (κ3) is 65.6. The lowest BCUT2D eigenvalue weighted by Gasteiger charge is -2.18.